The van der Waals surface area contributed by atoms with E-state index in [4.69, 9.17) is 4.74 Å². The van der Waals surface area contributed by atoms with Crippen molar-refractivity contribution < 1.29 is 14.5 Å². The number of non-ortho nitro benzene ring substituents is 1. The number of carbonyl (C=O) groups is 1. The Labute approximate surface area is 158 Å². The average Bonchev–Trinajstić information content (AvgIpc) is 2.62. The molecule has 7 nitrogen and oxygen atoms in total. The number of halogens is 1. The van der Waals surface area contributed by atoms with Crippen LogP contribution in [-0.2, 0) is 0 Å². The van der Waals surface area contributed by atoms with Gasteiger partial charge in [0.05, 0.1) is 10.5 Å². The molecule has 2 aromatic carbocycles. The number of nitrogens with zero attached hydrogens (tertiary/aromatic N) is 1. The molecule has 1 amide bonds. The lowest BCUT2D eigenvalue weighted by atomic mass is 10.1. The van der Waals surface area contributed by atoms with Gasteiger partial charge in [0.2, 0.25) is 0 Å². The van der Waals surface area contributed by atoms with Crippen molar-refractivity contribution >= 4 is 24.0 Å². The maximum Gasteiger partial charge on any atom is 0.270 e. The molecular weight excluding hydrogens is 358 g/mol. The zero-order chi connectivity index (χ0) is 18.1. The summed E-state index contributed by atoms with van der Waals surface area (Å²) in [6, 6.07) is 12.9. The molecule has 0 fully saturated rings. The van der Waals surface area contributed by atoms with Crippen LogP contribution in [0, 0.1) is 10.1 Å². The lowest BCUT2D eigenvalue weighted by Gasteiger charge is -2.12. The fraction of sp³-hybridized carbons (Fsp3) is 0.278. The van der Waals surface area contributed by atoms with E-state index in [1.807, 2.05) is 6.07 Å². The van der Waals surface area contributed by atoms with E-state index in [2.05, 4.69) is 17.6 Å². The van der Waals surface area contributed by atoms with Crippen molar-refractivity contribution in [3.63, 3.8) is 0 Å². The average molecular weight is 380 g/mol. The summed E-state index contributed by atoms with van der Waals surface area (Å²) in [5.41, 5.74) is -0.0248. The van der Waals surface area contributed by atoms with Crippen LogP contribution in [0.1, 0.15) is 23.7 Å². The van der Waals surface area contributed by atoms with Gasteiger partial charge in [0.15, 0.2) is 0 Å². The van der Waals surface area contributed by atoms with Gasteiger partial charge >= 0.3 is 0 Å². The predicted octanol–water partition coefficient (Wildman–Crippen LogP) is 3.54. The molecule has 0 aliphatic heterocycles. The molecule has 0 saturated heterocycles. The first-order valence-corrected chi connectivity index (χ1v) is 8.12. The molecule has 0 saturated carbocycles. The van der Waals surface area contributed by atoms with Gasteiger partial charge in [-0.2, -0.15) is 0 Å². The molecule has 0 aliphatic rings. The summed E-state index contributed by atoms with van der Waals surface area (Å²) in [6.45, 7) is 3.98. The van der Waals surface area contributed by atoms with Crippen LogP contribution in [0.15, 0.2) is 48.5 Å². The standard InChI is InChI=1S/C18H21N3O4.ClH/c1-2-10-19-11-12-20-18(22)16-13-14(21(23)24)8-9-17(16)25-15-6-4-3-5-7-15;/h3-9,13,19H,2,10-12H2,1H3,(H,20,22);1H. The predicted molar refractivity (Wildman–Crippen MR) is 102 cm³/mol. The van der Waals surface area contributed by atoms with Crippen molar-refractivity contribution in [2.75, 3.05) is 19.6 Å². The van der Waals surface area contributed by atoms with E-state index >= 15 is 0 Å². The monoisotopic (exact) mass is 379 g/mol. The zero-order valence-corrected chi connectivity index (χ0v) is 15.3. The molecule has 2 rings (SSSR count). The van der Waals surface area contributed by atoms with Crippen molar-refractivity contribution in [2.24, 2.45) is 0 Å². The van der Waals surface area contributed by atoms with E-state index < -0.39 is 10.8 Å². The van der Waals surface area contributed by atoms with Gasteiger partial charge in [-0.3, -0.25) is 14.9 Å². The van der Waals surface area contributed by atoms with Crippen molar-refractivity contribution in [3.8, 4) is 11.5 Å². The first-order valence-electron chi connectivity index (χ1n) is 8.12. The number of amides is 1. The van der Waals surface area contributed by atoms with E-state index in [1.54, 1.807) is 24.3 Å². The first-order chi connectivity index (χ1) is 12.1. The molecule has 0 aromatic heterocycles. The molecule has 0 spiro atoms. The van der Waals surface area contributed by atoms with Crippen LogP contribution in [0.2, 0.25) is 0 Å². The van der Waals surface area contributed by atoms with Crippen LogP contribution in [0.25, 0.3) is 0 Å². The third kappa shape index (κ3) is 6.34. The Morgan fingerprint density at radius 3 is 2.50 bits per heavy atom. The fourth-order valence-electron chi connectivity index (χ4n) is 2.17. The van der Waals surface area contributed by atoms with Crippen LogP contribution in [0.5, 0.6) is 11.5 Å². The van der Waals surface area contributed by atoms with Gasteiger partial charge < -0.3 is 15.4 Å². The quantitative estimate of drug-likeness (QED) is 0.395. The van der Waals surface area contributed by atoms with E-state index in [1.165, 1.54) is 18.2 Å². The molecular formula is C18H22ClN3O4. The van der Waals surface area contributed by atoms with Gasteiger partial charge in [-0.15, -0.1) is 12.4 Å². The van der Waals surface area contributed by atoms with Crippen LogP contribution >= 0.6 is 12.4 Å². The molecule has 0 radical (unpaired) electrons. The minimum Gasteiger partial charge on any atom is -0.457 e. The Bertz CT molecular complexity index is 726. The number of hydrogen-bond acceptors (Lipinski definition) is 5. The smallest absolute Gasteiger partial charge is 0.270 e. The Kier molecular flexibility index (Phi) is 9.11. The Morgan fingerprint density at radius 1 is 1.12 bits per heavy atom. The first kappa shape index (κ1) is 21.4. The molecule has 2 aromatic rings. The number of nitro benzene ring substituents is 1. The van der Waals surface area contributed by atoms with Crippen LogP contribution in [-0.4, -0.2) is 30.5 Å². The number of nitrogens with one attached hydrogen (secondary N) is 2. The Balaban J connectivity index is 0.00000338. The molecule has 0 unspecified atom stereocenters. The molecule has 0 aliphatic carbocycles. The summed E-state index contributed by atoms with van der Waals surface area (Å²) in [7, 11) is 0. The van der Waals surface area contributed by atoms with Crippen molar-refractivity contribution in [2.45, 2.75) is 13.3 Å². The molecule has 0 atom stereocenters. The van der Waals surface area contributed by atoms with Gasteiger partial charge in [0, 0.05) is 25.2 Å². The number of ether oxygens (including phenoxy) is 1. The lowest BCUT2D eigenvalue weighted by molar-refractivity contribution is -0.384. The van der Waals surface area contributed by atoms with E-state index in [0.717, 1.165) is 13.0 Å². The second-order valence-electron chi connectivity index (χ2n) is 5.36. The molecule has 8 heteroatoms. The third-order valence-electron chi connectivity index (χ3n) is 3.40. The molecule has 26 heavy (non-hydrogen) atoms. The van der Waals surface area contributed by atoms with Gasteiger partial charge in [0.1, 0.15) is 11.5 Å². The number of rotatable bonds is 9. The molecule has 0 heterocycles. The van der Waals surface area contributed by atoms with Crippen LogP contribution in [0.4, 0.5) is 5.69 Å². The van der Waals surface area contributed by atoms with E-state index in [9.17, 15) is 14.9 Å². The number of carbonyl (C=O) groups excluding carboxylic acids is 1. The van der Waals surface area contributed by atoms with E-state index in [0.29, 0.717) is 18.8 Å². The maximum absolute atomic E-state index is 12.4. The second-order valence-corrected chi connectivity index (χ2v) is 5.36. The highest BCUT2D eigenvalue weighted by atomic mass is 35.5. The van der Waals surface area contributed by atoms with Crippen molar-refractivity contribution in [1.29, 1.82) is 0 Å². The topological polar surface area (TPSA) is 93.5 Å². The number of hydrogen-bond donors (Lipinski definition) is 2. The molecule has 2 N–H and O–H groups in total. The van der Waals surface area contributed by atoms with Gasteiger partial charge in [-0.1, -0.05) is 25.1 Å². The second kappa shape index (κ2) is 11.1. The summed E-state index contributed by atoms with van der Waals surface area (Å²) in [4.78, 5) is 22.9. The molecule has 140 valence electrons. The SMILES string of the molecule is CCCNCCNC(=O)c1cc([N+](=O)[O-])ccc1Oc1ccccc1.Cl. The van der Waals surface area contributed by atoms with E-state index in [-0.39, 0.29) is 29.4 Å². The number of benzene rings is 2. The number of nitro groups is 1. The number of para-hydroxylation sites is 1. The highest BCUT2D eigenvalue weighted by molar-refractivity contribution is 5.97. The van der Waals surface area contributed by atoms with Gasteiger partial charge in [0.25, 0.3) is 11.6 Å². The largest absolute Gasteiger partial charge is 0.457 e. The summed E-state index contributed by atoms with van der Waals surface area (Å²) in [5.74, 6) is 0.416. The summed E-state index contributed by atoms with van der Waals surface area (Å²) < 4.78 is 5.71. The van der Waals surface area contributed by atoms with Gasteiger partial charge in [-0.25, -0.2) is 0 Å². The summed E-state index contributed by atoms with van der Waals surface area (Å²) in [5, 5.41) is 16.9. The zero-order valence-electron chi connectivity index (χ0n) is 14.4. The highest BCUT2D eigenvalue weighted by Crippen LogP contribution is 2.28. The van der Waals surface area contributed by atoms with Crippen LogP contribution < -0.4 is 15.4 Å². The molecule has 0 bridgehead atoms. The van der Waals surface area contributed by atoms with Crippen molar-refractivity contribution in [3.05, 3.63) is 64.2 Å². The summed E-state index contributed by atoms with van der Waals surface area (Å²) >= 11 is 0. The Hall–Kier alpha value is -2.64. The minimum atomic E-state index is -0.536. The Morgan fingerprint density at radius 2 is 1.85 bits per heavy atom. The third-order valence-corrected chi connectivity index (χ3v) is 3.40. The summed E-state index contributed by atoms with van der Waals surface area (Å²) in [6.07, 6.45) is 1.01. The highest BCUT2D eigenvalue weighted by Gasteiger charge is 2.18. The fourth-order valence-corrected chi connectivity index (χ4v) is 2.17. The maximum atomic E-state index is 12.4. The minimum absolute atomic E-state index is 0. The van der Waals surface area contributed by atoms with Gasteiger partial charge in [-0.05, 0) is 31.2 Å². The lowest BCUT2D eigenvalue weighted by Crippen LogP contribution is -2.32. The van der Waals surface area contributed by atoms with Crippen LogP contribution in [0.3, 0.4) is 0 Å². The normalized spacial score (nSPS) is 9.88. The van der Waals surface area contributed by atoms with Crippen molar-refractivity contribution in [1.82, 2.24) is 10.6 Å².